The van der Waals surface area contributed by atoms with Gasteiger partial charge in [0.25, 0.3) is 0 Å². The molecule has 2 heteroatoms. The molecular formula is C18H22O2. The molecule has 0 aliphatic rings. The molecule has 0 atom stereocenters. The maximum Gasteiger partial charge on any atom is 0.119 e. The van der Waals surface area contributed by atoms with E-state index in [0.29, 0.717) is 6.61 Å². The monoisotopic (exact) mass is 270 g/mol. The Morgan fingerprint density at radius 2 is 1.20 bits per heavy atom. The van der Waals surface area contributed by atoms with E-state index in [-0.39, 0.29) is 0 Å². The summed E-state index contributed by atoms with van der Waals surface area (Å²) in [5, 5.41) is 0. The number of ether oxygens (including phenoxy) is 2. The van der Waals surface area contributed by atoms with E-state index in [9.17, 15) is 0 Å². The normalized spacial score (nSPS) is 10.3. The van der Waals surface area contributed by atoms with Gasteiger partial charge < -0.3 is 9.47 Å². The maximum absolute atomic E-state index is 5.59. The summed E-state index contributed by atoms with van der Waals surface area (Å²) in [4.78, 5) is 0. The van der Waals surface area contributed by atoms with Crippen LogP contribution in [-0.2, 0) is 6.42 Å². The summed E-state index contributed by atoms with van der Waals surface area (Å²) in [6, 6.07) is 16.6. The van der Waals surface area contributed by atoms with Crippen LogP contribution < -0.4 is 9.47 Å². The lowest BCUT2D eigenvalue weighted by Gasteiger charge is -2.07. The molecule has 0 aliphatic carbocycles. The Morgan fingerprint density at radius 1 is 0.700 bits per heavy atom. The van der Waals surface area contributed by atoms with Crippen LogP contribution in [0.3, 0.4) is 0 Å². The zero-order valence-electron chi connectivity index (χ0n) is 12.3. The number of hydrogen-bond acceptors (Lipinski definition) is 2. The summed E-state index contributed by atoms with van der Waals surface area (Å²) in [6.45, 7) is 5.59. The van der Waals surface area contributed by atoms with Crippen LogP contribution in [0.4, 0.5) is 0 Å². The zero-order valence-corrected chi connectivity index (χ0v) is 12.3. The molecule has 106 valence electrons. The van der Waals surface area contributed by atoms with Gasteiger partial charge in [0, 0.05) is 0 Å². The van der Waals surface area contributed by atoms with Crippen molar-refractivity contribution in [1.82, 2.24) is 0 Å². The van der Waals surface area contributed by atoms with Crippen LogP contribution in [-0.4, -0.2) is 13.2 Å². The Kier molecular flexibility index (Phi) is 5.48. The molecule has 2 rings (SSSR count). The predicted molar refractivity (Wildman–Crippen MR) is 82.6 cm³/mol. The zero-order chi connectivity index (χ0) is 14.2. The lowest BCUT2D eigenvalue weighted by atomic mass is 10.0. The third-order valence-corrected chi connectivity index (χ3v) is 3.04. The second kappa shape index (κ2) is 7.59. The predicted octanol–water partition coefficient (Wildman–Crippen LogP) is 4.46. The number of benzene rings is 2. The van der Waals surface area contributed by atoms with Gasteiger partial charge in [-0.1, -0.05) is 31.2 Å². The van der Waals surface area contributed by atoms with Crippen LogP contribution in [0.5, 0.6) is 11.5 Å². The quantitative estimate of drug-likeness (QED) is 0.739. The Labute approximate surface area is 121 Å². The molecule has 0 fully saturated rings. The van der Waals surface area contributed by atoms with E-state index in [4.69, 9.17) is 9.47 Å². The third-order valence-electron chi connectivity index (χ3n) is 3.04. The van der Waals surface area contributed by atoms with E-state index < -0.39 is 0 Å². The van der Waals surface area contributed by atoms with Crippen molar-refractivity contribution in [3.63, 3.8) is 0 Å². The van der Waals surface area contributed by atoms with Crippen molar-refractivity contribution in [3.05, 3.63) is 59.7 Å². The number of hydrogen-bond donors (Lipinski definition) is 0. The Bertz CT molecular complexity index is 500. The fourth-order valence-corrected chi connectivity index (χ4v) is 2.03. The first kappa shape index (κ1) is 14.4. The van der Waals surface area contributed by atoms with E-state index in [1.165, 1.54) is 11.1 Å². The number of rotatable bonds is 7. The van der Waals surface area contributed by atoms with Crippen LogP contribution in [0.25, 0.3) is 0 Å². The molecule has 0 aromatic heterocycles. The lowest BCUT2D eigenvalue weighted by Crippen LogP contribution is -1.95. The van der Waals surface area contributed by atoms with Gasteiger partial charge in [-0.25, -0.2) is 0 Å². The topological polar surface area (TPSA) is 18.5 Å². The Balaban J connectivity index is 1.95. The van der Waals surface area contributed by atoms with Gasteiger partial charge in [0.05, 0.1) is 13.2 Å². The lowest BCUT2D eigenvalue weighted by molar-refractivity contribution is 0.317. The van der Waals surface area contributed by atoms with Crippen molar-refractivity contribution >= 4 is 0 Å². The highest BCUT2D eigenvalue weighted by atomic mass is 16.5. The van der Waals surface area contributed by atoms with E-state index in [0.717, 1.165) is 30.9 Å². The summed E-state index contributed by atoms with van der Waals surface area (Å²) in [7, 11) is 0. The average molecular weight is 270 g/mol. The molecule has 2 nitrogen and oxygen atoms in total. The van der Waals surface area contributed by atoms with Gasteiger partial charge in [0.2, 0.25) is 0 Å². The molecule has 0 bridgehead atoms. The molecule has 0 aliphatic heterocycles. The van der Waals surface area contributed by atoms with Gasteiger partial charge in [-0.05, 0) is 55.2 Å². The first-order chi connectivity index (χ1) is 9.81. The Hall–Kier alpha value is -1.96. The van der Waals surface area contributed by atoms with Crippen LogP contribution in [0.15, 0.2) is 48.5 Å². The van der Waals surface area contributed by atoms with Crippen LogP contribution in [0, 0.1) is 0 Å². The smallest absolute Gasteiger partial charge is 0.119 e. The fraction of sp³-hybridized carbons (Fsp3) is 0.333. The SMILES string of the molecule is CCCOc1ccc(Cc2ccc(OCC)cc2)cc1. The molecule has 0 amide bonds. The molecule has 2 aromatic carbocycles. The second-order valence-corrected chi connectivity index (χ2v) is 4.75. The first-order valence-corrected chi connectivity index (χ1v) is 7.25. The molecule has 0 unspecified atom stereocenters. The van der Waals surface area contributed by atoms with Crippen molar-refractivity contribution in [3.8, 4) is 11.5 Å². The van der Waals surface area contributed by atoms with Gasteiger partial charge in [-0.15, -0.1) is 0 Å². The molecule has 0 radical (unpaired) electrons. The minimum Gasteiger partial charge on any atom is -0.494 e. The van der Waals surface area contributed by atoms with Crippen LogP contribution >= 0.6 is 0 Å². The van der Waals surface area contributed by atoms with E-state index >= 15 is 0 Å². The average Bonchev–Trinajstić information content (AvgIpc) is 2.49. The van der Waals surface area contributed by atoms with E-state index in [2.05, 4.69) is 31.2 Å². The molecule has 0 N–H and O–H groups in total. The fourth-order valence-electron chi connectivity index (χ4n) is 2.03. The molecule has 0 saturated heterocycles. The van der Waals surface area contributed by atoms with Crippen molar-refractivity contribution in [2.24, 2.45) is 0 Å². The van der Waals surface area contributed by atoms with Gasteiger partial charge in [0.1, 0.15) is 11.5 Å². The largest absolute Gasteiger partial charge is 0.494 e. The van der Waals surface area contributed by atoms with Gasteiger partial charge in [-0.2, -0.15) is 0 Å². The third kappa shape index (κ3) is 4.30. The van der Waals surface area contributed by atoms with Crippen molar-refractivity contribution < 1.29 is 9.47 Å². The van der Waals surface area contributed by atoms with E-state index in [1.807, 2.05) is 31.2 Å². The molecule has 2 aromatic rings. The summed E-state index contributed by atoms with van der Waals surface area (Å²) in [5.74, 6) is 1.88. The summed E-state index contributed by atoms with van der Waals surface area (Å²) < 4.78 is 11.0. The highest BCUT2D eigenvalue weighted by Crippen LogP contribution is 2.18. The summed E-state index contributed by atoms with van der Waals surface area (Å²) in [6.07, 6.45) is 1.97. The molecule has 20 heavy (non-hydrogen) atoms. The van der Waals surface area contributed by atoms with Crippen molar-refractivity contribution in [2.45, 2.75) is 26.7 Å². The molecular weight excluding hydrogens is 248 g/mol. The molecule has 0 spiro atoms. The van der Waals surface area contributed by atoms with Crippen LogP contribution in [0.1, 0.15) is 31.4 Å². The summed E-state index contributed by atoms with van der Waals surface area (Å²) in [5.41, 5.74) is 2.58. The highest BCUT2D eigenvalue weighted by Gasteiger charge is 1.99. The van der Waals surface area contributed by atoms with Gasteiger partial charge in [0.15, 0.2) is 0 Å². The standard InChI is InChI=1S/C18H22O2/c1-3-13-20-18-11-7-16(8-12-18)14-15-5-9-17(10-6-15)19-4-2/h5-12H,3-4,13-14H2,1-2H3. The first-order valence-electron chi connectivity index (χ1n) is 7.25. The minimum atomic E-state index is 0.707. The maximum atomic E-state index is 5.59. The minimum absolute atomic E-state index is 0.707. The van der Waals surface area contributed by atoms with Crippen molar-refractivity contribution in [2.75, 3.05) is 13.2 Å². The summed E-state index contributed by atoms with van der Waals surface area (Å²) >= 11 is 0. The van der Waals surface area contributed by atoms with Gasteiger partial charge in [-0.3, -0.25) is 0 Å². The van der Waals surface area contributed by atoms with E-state index in [1.54, 1.807) is 0 Å². The van der Waals surface area contributed by atoms with Crippen LogP contribution in [0.2, 0.25) is 0 Å². The van der Waals surface area contributed by atoms with Gasteiger partial charge >= 0.3 is 0 Å². The second-order valence-electron chi connectivity index (χ2n) is 4.75. The van der Waals surface area contributed by atoms with Crippen molar-refractivity contribution in [1.29, 1.82) is 0 Å². The highest BCUT2D eigenvalue weighted by molar-refractivity contribution is 5.34. The molecule has 0 heterocycles. The Morgan fingerprint density at radius 3 is 1.65 bits per heavy atom. The molecule has 0 saturated carbocycles.